The minimum Gasteiger partial charge on any atom is -0.480 e. The highest BCUT2D eigenvalue weighted by Crippen LogP contribution is 2.10. The standard InChI is InChI=1S/C13H18N2O3/c1-9(11-6-4-3-5-7-11)15-12(16)8-14-10(2)13(17)18/h3-7,9-10,14H,8H2,1-2H3,(H,15,16)(H,17,18). The van der Waals surface area contributed by atoms with Crippen LogP contribution in [0.2, 0.25) is 0 Å². The van der Waals surface area contributed by atoms with Crippen LogP contribution in [-0.4, -0.2) is 29.6 Å². The number of aliphatic carboxylic acids is 1. The minimum absolute atomic E-state index is 0.00929. The molecule has 2 atom stereocenters. The molecular formula is C13H18N2O3. The maximum absolute atomic E-state index is 11.6. The SMILES string of the molecule is CC(NCC(=O)NC(C)c1ccccc1)C(=O)O. The van der Waals surface area contributed by atoms with Crippen LogP contribution in [0.15, 0.2) is 30.3 Å². The van der Waals surface area contributed by atoms with Gasteiger partial charge in [-0.1, -0.05) is 30.3 Å². The van der Waals surface area contributed by atoms with Crippen molar-refractivity contribution in [2.24, 2.45) is 0 Å². The Kier molecular flexibility index (Phi) is 5.32. The first kappa shape index (κ1) is 14.2. The molecule has 0 aromatic heterocycles. The van der Waals surface area contributed by atoms with Crippen LogP contribution >= 0.6 is 0 Å². The molecule has 0 bridgehead atoms. The highest BCUT2D eigenvalue weighted by Gasteiger charge is 2.13. The summed E-state index contributed by atoms with van der Waals surface area (Å²) in [5.41, 5.74) is 1.01. The molecule has 0 aliphatic heterocycles. The third kappa shape index (κ3) is 4.55. The smallest absolute Gasteiger partial charge is 0.320 e. The van der Waals surface area contributed by atoms with E-state index in [1.807, 2.05) is 37.3 Å². The fourth-order valence-electron chi connectivity index (χ4n) is 1.45. The van der Waals surface area contributed by atoms with Crippen molar-refractivity contribution in [1.29, 1.82) is 0 Å². The predicted molar refractivity (Wildman–Crippen MR) is 68.1 cm³/mol. The van der Waals surface area contributed by atoms with E-state index in [1.54, 1.807) is 0 Å². The summed E-state index contributed by atoms with van der Waals surface area (Å²) < 4.78 is 0. The van der Waals surface area contributed by atoms with E-state index in [2.05, 4.69) is 10.6 Å². The molecule has 1 aromatic rings. The summed E-state index contributed by atoms with van der Waals surface area (Å²) >= 11 is 0. The summed E-state index contributed by atoms with van der Waals surface area (Å²) in [6.07, 6.45) is 0. The van der Waals surface area contributed by atoms with Gasteiger partial charge in [-0.15, -0.1) is 0 Å². The van der Waals surface area contributed by atoms with Gasteiger partial charge in [-0.2, -0.15) is 0 Å². The normalized spacial score (nSPS) is 13.7. The Morgan fingerprint density at radius 2 is 1.83 bits per heavy atom. The number of carboxylic acids is 1. The summed E-state index contributed by atoms with van der Waals surface area (Å²) in [4.78, 5) is 22.1. The molecule has 0 radical (unpaired) electrons. The lowest BCUT2D eigenvalue weighted by Gasteiger charge is -2.15. The van der Waals surface area contributed by atoms with Gasteiger partial charge in [0.25, 0.3) is 0 Å². The molecule has 3 N–H and O–H groups in total. The second kappa shape index (κ2) is 6.76. The summed E-state index contributed by atoms with van der Waals surface area (Å²) in [7, 11) is 0. The molecule has 0 aliphatic rings. The highest BCUT2D eigenvalue weighted by molar-refractivity contribution is 5.80. The van der Waals surface area contributed by atoms with Gasteiger partial charge in [-0.25, -0.2) is 0 Å². The van der Waals surface area contributed by atoms with Crippen molar-refractivity contribution in [3.05, 3.63) is 35.9 Å². The van der Waals surface area contributed by atoms with Crippen LogP contribution in [0, 0.1) is 0 Å². The molecule has 98 valence electrons. The predicted octanol–water partition coefficient (Wildman–Crippen LogP) is 0.926. The molecule has 1 amide bonds. The molecule has 1 aromatic carbocycles. The summed E-state index contributed by atoms with van der Waals surface area (Å²) in [5, 5.41) is 14.1. The van der Waals surface area contributed by atoms with Gasteiger partial charge in [-0.3, -0.25) is 14.9 Å². The van der Waals surface area contributed by atoms with Gasteiger partial charge >= 0.3 is 5.97 Å². The zero-order chi connectivity index (χ0) is 13.5. The third-order valence-electron chi connectivity index (χ3n) is 2.62. The zero-order valence-corrected chi connectivity index (χ0v) is 10.5. The lowest BCUT2D eigenvalue weighted by Crippen LogP contribution is -2.42. The summed E-state index contributed by atoms with van der Waals surface area (Å²) in [5.74, 6) is -1.20. The number of carbonyl (C=O) groups excluding carboxylic acids is 1. The second-order valence-electron chi connectivity index (χ2n) is 4.14. The van der Waals surface area contributed by atoms with Crippen LogP contribution in [0.3, 0.4) is 0 Å². The average molecular weight is 250 g/mol. The van der Waals surface area contributed by atoms with Crippen molar-refractivity contribution in [3.8, 4) is 0 Å². The lowest BCUT2D eigenvalue weighted by atomic mass is 10.1. The molecule has 0 fully saturated rings. The number of amides is 1. The number of carboxylic acid groups (broad SMARTS) is 1. The first-order valence-electron chi connectivity index (χ1n) is 5.81. The lowest BCUT2D eigenvalue weighted by molar-refractivity contribution is -0.139. The number of hydrogen-bond acceptors (Lipinski definition) is 3. The maximum Gasteiger partial charge on any atom is 0.320 e. The van der Waals surface area contributed by atoms with E-state index in [0.29, 0.717) is 0 Å². The Balaban J connectivity index is 2.39. The van der Waals surface area contributed by atoms with Gasteiger partial charge in [0.15, 0.2) is 0 Å². The van der Waals surface area contributed by atoms with Gasteiger partial charge in [-0.05, 0) is 19.4 Å². The van der Waals surface area contributed by atoms with Gasteiger partial charge < -0.3 is 10.4 Å². The molecule has 5 heteroatoms. The van der Waals surface area contributed by atoms with E-state index in [0.717, 1.165) is 5.56 Å². The quantitative estimate of drug-likeness (QED) is 0.701. The molecule has 18 heavy (non-hydrogen) atoms. The molecule has 0 saturated heterocycles. The summed E-state index contributed by atoms with van der Waals surface area (Å²) in [6, 6.07) is 8.75. The zero-order valence-electron chi connectivity index (χ0n) is 10.5. The molecule has 1 rings (SSSR count). The largest absolute Gasteiger partial charge is 0.480 e. The monoisotopic (exact) mass is 250 g/mol. The van der Waals surface area contributed by atoms with E-state index in [-0.39, 0.29) is 18.5 Å². The van der Waals surface area contributed by atoms with Crippen molar-refractivity contribution in [2.45, 2.75) is 25.9 Å². The molecule has 0 aliphatic carbocycles. The number of benzene rings is 1. The summed E-state index contributed by atoms with van der Waals surface area (Å²) in [6.45, 7) is 3.37. The fourth-order valence-corrected chi connectivity index (χ4v) is 1.45. The highest BCUT2D eigenvalue weighted by atomic mass is 16.4. The van der Waals surface area contributed by atoms with Crippen LogP contribution in [0.1, 0.15) is 25.5 Å². The van der Waals surface area contributed by atoms with Gasteiger partial charge in [0.2, 0.25) is 5.91 Å². The molecule has 0 saturated carbocycles. The van der Waals surface area contributed by atoms with Gasteiger partial charge in [0.1, 0.15) is 6.04 Å². The maximum atomic E-state index is 11.6. The minimum atomic E-state index is -0.973. The van der Waals surface area contributed by atoms with Gasteiger partial charge in [0.05, 0.1) is 12.6 Å². The van der Waals surface area contributed by atoms with Gasteiger partial charge in [0, 0.05) is 0 Å². The number of hydrogen-bond donors (Lipinski definition) is 3. The van der Waals surface area contributed by atoms with Crippen LogP contribution < -0.4 is 10.6 Å². The van der Waals surface area contributed by atoms with Crippen LogP contribution in [0.4, 0.5) is 0 Å². The van der Waals surface area contributed by atoms with E-state index in [1.165, 1.54) is 6.92 Å². The second-order valence-corrected chi connectivity index (χ2v) is 4.14. The topological polar surface area (TPSA) is 78.4 Å². The Morgan fingerprint density at radius 1 is 1.22 bits per heavy atom. The van der Waals surface area contributed by atoms with E-state index in [4.69, 9.17) is 5.11 Å². The van der Waals surface area contributed by atoms with Crippen molar-refractivity contribution < 1.29 is 14.7 Å². The van der Waals surface area contributed by atoms with Crippen LogP contribution in [0.5, 0.6) is 0 Å². The Hall–Kier alpha value is -1.88. The van der Waals surface area contributed by atoms with Crippen molar-refractivity contribution >= 4 is 11.9 Å². The molecular weight excluding hydrogens is 232 g/mol. The van der Waals surface area contributed by atoms with Crippen molar-refractivity contribution in [3.63, 3.8) is 0 Å². The van der Waals surface area contributed by atoms with Crippen LogP contribution in [0.25, 0.3) is 0 Å². The Morgan fingerprint density at radius 3 is 2.39 bits per heavy atom. The van der Waals surface area contributed by atoms with Crippen molar-refractivity contribution in [2.75, 3.05) is 6.54 Å². The van der Waals surface area contributed by atoms with Crippen molar-refractivity contribution in [1.82, 2.24) is 10.6 Å². The average Bonchev–Trinajstić information content (AvgIpc) is 2.36. The van der Waals surface area contributed by atoms with Crippen LogP contribution in [-0.2, 0) is 9.59 Å². The van der Waals surface area contributed by atoms with E-state index in [9.17, 15) is 9.59 Å². The first-order chi connectivity index (χ1) is 8.50. The molecule has 0 heterocycles. The molecule has 5 nitrogen and oxygen atoms in total. The molecule has 2 unspecified atom stereocenters. The number of nitrogens with one attached hydrogen (secondary N) is 2. The number of carbonyl (C=O) groups is 2. The van der Waals surface area contributed by atoms with E-state index < -0.39 is 12.0 Å². The fraction of sp³-hybridized carbons (Fsp3) is 0.385. The first-order valence-corrected chi connectivity index (χ1v) is 5.81. The third-order valence-corrected chi connectivity index (χ3v) is 2.62. The Bertz CT molecular complexity index is 406. The number of rotatable bonds is 6. The van der Waals surface area contributed by atoms with E-state index >= 15 is 0 Å². The Labute approximate surface area is 106 Å². The molecule has 0 spiro atoms.